The summed E-state index contributed by atoms with van der Waals surface area (Å²) < 4.78 is 22.4. The number of imidazole rings is 1. The predicted octanol–water partition coefficient (Wildman–Crippen LogP) is 4.25. The molecule has 6 rings (SSSR count). The molecule has 1 aromatic carbocycles. The summed E-state index contributed by atoms with van der Waals surface area (Å²) in [4.78, 5) is 14.2. The van der Waals surface area contributed by atoms with E-state index >= 15 is 0 Å². The van der Waals surface area contributed by atoms with Gasteiger partial charge in [0.2, 0.25) is 11.8 Å². The van der Waals surface area contributed by atoms with Crippen LogP contribution in [-0.2, 0) is 18.3 Å². The molecule has 0 saturated carbocycles. The van der Waals surface area contributed by atoms with Crippen molar-refractivity contribution in [1.82, 2.24) is 33.6 Å². The topological polar surface area (TPSA) is 117 Å². The molecule has 4 aromatic heterocycles. The number of nitrogen functional groups attached to an aromatic ring is 1. The summed E-state index contributed by atoms with van der Waals surface area (Å²) in [5.41, 5.74) is 9.60. The van der Waals surface area contributed by atoms with Crippen LogP contribution >= 0.6 is 12.2 Å². The number of ether oxygens (including phenoxy) is 2. The third-order valence-corrected chi connectivity index (χ3v) is 7.58. The van der Waals surface area contributed by atoms with Gasteiger partial charge in [-0.2, -0.15) is 9.50 Å². The van der Waals surface area contributed by atoms with Crippen molar-refractivity contribution in [3.8, 4) is 17.3 Å². The van der Waals surface area contributed by atoms with Crippen molar-refractivity contribution >= 4 is 40.7 Å². The van der Waals surface area contributed by atoms with Crippen LogP contribution in [-0.4, -0.2) is 86.7 Å². The van der Waals surface area contributed by atoms with E-state index in [9.17, 15) is 0 Å². The number of nitrogens with two attached hydrogens (primary N) is 1. The van der Waals surface area contributed by atoms with E-state index in [1.54, 1.807) is 19.4 Å². The number of hydrogen-bond acceptors (Lipinski definition) is 10. The van der Waals surface area contributed by atoms with E-state index in [1.807, 2.05) is 34.4 Å². The molecular formula is C29H39N9O3S. The van der Waals surface area contributed by atoms with Crippen LogP contribution in [0.5, 0.6) is 5.75 Å². The molecule has 5 aromatic rings. The summed E-state index contributed by atoms with van der Waals surface area (Å²) >= 11 is 5.81. The Bertz CT molecular complexity index is 1650. The number of hydrogen-bond donors (Lipinski definition) is 1. The van der Waals surface area contributed by atoms with Crippen LogP contribution in [0.25, 0.3) is 28.4 Å². The molecule has 0 spiro atoms. The quantitative estimate of drug-likeness (QED) is 0.196. The highest BCUT2D eigenvalue weighted by molar-refractivity contribution is 7.71. The Morgan fingerprint density at radius 3 is 2.38 bits per heavy atom. The lowest BCUT2D eigenvalue weighted by atomic mass is 10.2. The molecule has 1 fully saturated rings. The van der Waals surface area contributed by atoms with Crippen LogP contribution < -0.4 is 15.4 Å². The number of methoxy groups -OCH3 is 1. The normalized spacial score (nSPS) is 14.0. The summed E-state index contributed by atoms with van der Waals surface area (Å²) in [6.45, 7) is 10.7. The van der Waals surface area contributed by atoms with Crippen LogP contribution in [0.15, 0.2) is 47.1 Å². The molecule has 0 atom stereocenters. The summed E-state index contributed by atoms with van der Waals surface area (Å²) in [6, 6.07) is 11.9. The average molecular weight is 594 g/mol. The fraction of sp³-hybridized carbons (Fsp3) is 0.448. The van der Waals surface area contributed by atoms with E-state index < -0.39 is 0 Å². The van der Waals surface area contributed by atoms with Crippen molar-refractivity contribution in [2.45, 2.75) is 26.8 Å². The van der Waals surface area contributed by atoms with E-state index in [4.69, 9.17) is 36.8 Å². The summed E-state index contributed by atoms with van der Waals surface area (Å²) in [6.07, 6.45) is 2.84. The molecule has 0 radical (unpaired) electrons. The van der Waals surface area contributed by atoms with Gasteiger partial charge in [-0.25, -0.2) is 4.98 Å². The van der Waals surface area contributed by atoms with Gasteiger partial charge in [0.25, 0.3) is 0 Å². The molecular weight excluding hydrogens is 554 g/mol. The summed E-state index contributed by atoms with van der Waals surface area (Å²) in [7, 11) is 3.59. The first-order valence-corrected chi connectivity index (χ1v) is 14.7. The van der Waals surface area contributed by atoms with E-state index in [2.05, 4.69) is 45.9 Å². The van der Waals surface area contributed by atoms with Gasteiger partial charge >= 0.3 is 0 Å². The standard InChI is InChI=1S/C26H31N9O3S.C3H8/c1-31-21-23(29-25(27)35-24(21)28-22(30-35)20-4-3-15-38-20)34(26(31)39)14-11-32-9-12-33(13-10-32)18-5-7-19(8-6-18)37-17-16-36-2;1-3-2/h3-8,15H,9-14,16-17H2,1-2H3,(H2,27,29);3H2,1-2H3. The monoisotopic (exact) mass is 593 g/mol. The Balaban J connectivity index is 0.00000113. The number of nitrogens with zero attached hydrogens (tertiary/aromatic N) is 8. The van der Waals surface area contributed by atoms with Gasteiger partial charge in [-0.15, -0.1) is 5.10 Å². The smallest absolute Gasteiger partial charge is 0.225 e. The highest BCUT2D eigenvalue weighted by atomic mass is 32.1. The number of rotatable bonds is 9. The zero-order chi connectivity index (χ0) is 29.6. The number of anilines is 2. The Kier molecular flexibility index (Phi) is 9.40. The lowest BCUT2D eigenvalue weighted by Crippen LogP contribution is -2.47. The Morgan fingerprint density at radius 2 is 1.71 bits per heavy atom. The zero-order valence-electron chi connectivity index (χ0n) is 24.7. The van der Waals surface area contributed by atoms with Gasteiger partial charge < -0.3 is 29.1 Å². The van der Waals surface area contributed by atoms with Crippen LogP contribution in [0.3, 0.4) is 0 Å². The highest BCUT2D eigenvalue weighted by Gasteiger charge is 2.22. The van der Waals surface area contributed by atoms with Gasteiger partial charge in [0.15, 0.2) is 21.8 Å². The zero-order valence-corrected chi connectivity index (χ0v) is 25.5. The number of aromatic nitrogens is 6. The van der Waals surface area contributed by atoms with Gasteiger partial charge in [0.1, 0.15) is 17.9 Å². The largest absolute Gasteiger partial charge is 0.491 e. The first kappa shape index (κ1) is 29.5. The van der Waals surface area contributed by atoms with Crippen molar-refractivity contribution < 1.29 is 13.9 Å². The minimum absolute atomic E-state index is 0.251. The van der Waals surface area contributed by atoms with Crippen molar-refractivity contribution in [1.29, 1.82) is 0 Å². The fourth-order valence-corrected chi connectivity index (χ4v) is 5.24. The highest BCUT2D eigenvalue weighted by Crippen LogP contribution is 2.25. The van der Waals surface area contributed by atoms with Crippen LogP contribution in [0, 0.1) is 4.77 Å². The van der Waals surface area contributed by atoms with Crippen molar-refractivity contribution in [2.24, 2.45) is 7.05 Å². The van der Waals surface area contributed by atoms with Gasteiger partial charge in [0, 0.05) is 59.1 Å². The average Bonchev–Trinajstić information content (AvgIpc) is 3.73. The Hall–Kier alpha value is -3.94. The predicted molar refractivity (Wildman–Crippen MR) is 167 cm³/mol. The lowest BCUT2D eigenvalue weighted by molar-refractivity contribution is 0.146. The molecule has 0 aliphatic carbocycles. The molecule has 42 heavy (non-hydrogen) atoms. The van der Waals surface area contributed by atoms with Gasteiger partial charge in [-0.05, 0) is 48.6 Å². The molecule has 12 nitrogen and oxygen atoms in total. The first-order chi connectivity index (χ1) is 20.4. The maximum absolute atomic E-state index is 6.30. The van der Waals surface area contributed by atoms with E-state index in [1.165, 1.54) is 16.6 Å². The fourth-order valence-electron chi connectivity index (χ4n) is 4.97. The maximum atomic E-state index is 6.30. The van der Waals surface area contributed by atoms with E-state index in [-0.39, 0.29) is 5.95 Å². The Morgan fingerprint density at radius 1 is 0.976 bits per heavy atom. The molecule has 1 saturated heterocycles. The van der Waals surface area contributed by atoms with Gasteiger partial charge in [0.05, 0.1) is 12.9 Å². The van der Waals surface area contributed by atoms with Crippen LogP contribution in [0.1, 0.15) is 20.3 Å². The van der Waals surface area contributed by atoms with Gasteiger partial charge in [-0.3, -0.25) is 9.47 Å². The van der Waals surface area contributed by atoms with Crippen LogP contribution in [0.4, 0.5) is 11.6 Å². The van der Waals surface area contributed by atoms with Crippen molar-refractivity contribution in [2.75, 3.05) is 63.7 Å². The SMILES string of the molecule is CCC.COCCOc1ccc(N2CCN(CCn3c(=S)n(C)c4c3nc(N)n3nc(-c5ccco5)nc43)CC2)cc1. The Labute approximate surface area is 250 Å². The molecule has 0 bridgehead atoms. The molecule has 1 aliphatic rings. The number of fused-ring (bicyclic) bond motifs is 3. The molecule has 0 unspecified atom stereocenters. The molecule has 13 heteroatoms. The minimum atomic E-state index is 0.251. The maximum Gasteiger partial charge on any atom is 0.225 e. The summed E-state index contributed by atoms with van der Waals surface area (Å²) in [5, 5.41) is 4.50. The molecule has 1 aliphatic heterocycles. The minimum Gasteiger partial charge on any atom is -0.491 e. The second-order valence-electron chi connectivity index (χ2n) is 10.2. The second kappa shape index (κ2) is 13.4. The number of benzene rings is 1. The second-order valence-corrected chi connectivity index (χ2v) is 10.5. The lowest BCUT2D eigenvalue weighted by Gasteiger charge is -2.36. The number of piperazine rings is 1. The third kappa shape index (κ3) is 6.13. The summed E-state index contributed by atoms with van der Waals surface area (Å²) in [5.74, 6) is 2.13. The molecule has 0 amide bonds. The van der Waals surface area contributed by atoms with Crippen molar-refractivity contribution in [3.05, 3.63) is 47.4 Å². The van der Waals surface area contributed by atoms with Gasteiger partial charge in [-0.1, -0.05) is 20.3 Å². The first-order valence-electron chi connectivity index (χ1n) is 14.3. The van der Waals surface area contributed by atoms with E-state index in [0.29, 0.717) is 47.4 Å². The third-order valence-electron chi connectivity index (χ3n) is 7.09. The van der Waals surface area contributed by atoms with E-state index in [0.717, 1.165) is 44.0 Å². The van der Waals surface area contributed by atoms with Crippen molar-refractivity contribution in [3.63, 3.8) is 0 Å². The number of furan rings is 1. The molecule has 5 heterocycles. The molecule has 2 N–H and O–H groups in total. The van der Waals surface area contributed by atoms with Crippen LogP contribution in [0.2, 0.25) is 0 Å². The molecule has 224 valence electrons. The number of aryl methyl sites for hydroxylation is 1.